The highest BCUT2D eigenvalue weighted by Crippen LogP contribution is 1.96. The van der Waals surface area contributed by atoms with E-state index >= 15 is 0 Å². The molecule has 0 amide bonds. The summed E-state index contributed by atoms with van der Waals surface area (Å²) in [5.74, 6) is -2.50. The number of carbonyl (C=O) groups is 2. The second-order valence-electron chi connectivity index (χ2n) is 3.20. The van der Waals surface area contributed by atoms with Crippen molar-refractivity contribution < 1.29 is 19.8 Å². The monoisotopic (exact) mass is 229 g/mol. The molecule has 0 saturated heterocycles. The van der Waals surface area contributed by atoms with Crippen molar-refractivity contribution in [1.82, 2.24) is 10.2 Å². The summed E-state index contributed by atoms with van der Waals surface area (Å²) >= 11 is 0. The quantitative estimate of drug-likeness (QED) is 0.572. The van der Waals surface area contributed by atoms with Crippen molar-refractivity contribution in [1.29, 1.82) is 0 Å². The fourth-order valence-corrected chi connectivity index (χ4v) is 0.694. The molecule has 0 fully saturated rings. The minimum absolute atomic E-state index is 0.532. The molecule has 0 aliphatic heterocycles. The maximum atomic E-state index is 9.85. The first-order valence-corrected chi connectivity index (χ1v) is 4.51. The third kappa shape index (κ3) is 5.76. The van der Waals surface area contributed by atoms with Crippen LogP contribution in [-0.2, 0) is 9.59 Å². The number of nitrogens with one attached hydrogen (secondary N) is 1. The summed E-state index contributed by atoms with van der Waals surface area (Å²) < 4.78 is 0. The molecule has 0 aliphatic carbocycles. The number of aliphatic carboxylic acids is 2. The Balaban J connectivity index is 0.000000288. The molecule has 0 bridgehead atoms. The van der Waals surface area contributed by atoms with E-state index in [0.717, 1.165) is 5.69 Å². The minimum atomic E-state index is -1.29. The van der Waals surface area contributed by atoms with E-state index < -0.39 is 24.4 Å². The first kappa shape index (κ1) is 14.1. The Morgan fingerprint density at radius 2 is 2.06 bits per heavy atom. The summed E-state index contributed by atoms with van der Waals surface area (Å²) in [7, 11) is 0. The number of nitrogens with zero attached hydrogens (tertiary/aromatic N) is 1. The first-order chi connectivity index (χ1) is 7.34. The summed E-state index contributed by atoms with van der Waals surface area (Å²) in [6, 6.07) is -1.29. The van der Waals surface area contributed by atoms with Gasteiger partial charge in [-0.2, -0.15) is 5.10 Å². The van der Waals surface area contributed by atoms with Crippen LogP contribution in [-0.4, -0.2) is 38.4 Å². The van der Waals surface area contributed by atoms with Gasteiger partial charge in [-0.3, -0.25) is 14.7 Å². The van der Waals surface area contributed by atoms with Crippen molar-refractivity contribution in [2.75, 3.05) is 0 Å². The topological polar surface area (TPSA) is 129 Å². The predicted octanol–water partition coefficient (Wildman–Crippen LogP) is -0.100. The summed E-state index contributed by atoms with van der Waals surface area (Å²) in [5, 5.41) is 22.7. The van der Waals surface area contributed by atoms with E-state index in [1.807, 2.05) is 20.0 Å². The fraction of sp³-hybridized carbons (Fsp3) is 0.444. The van der Waals surface area contributed by atoms with E-state index in [1.54, 1.807) is 0 Å². The smallest absolute Gasteiger partial charge is 0.321 e. The lowest BCUT2D eigenvalue weighted by atomic mass is 10.2. The lowest BCUT2D eigenvalue weighted by Crippen LogP contribution is -2.32. The van der Waals surface area contributed by atoms with Crippen LogP contribution in [0.2, 0.25) is 0 Å². The SMILES string of the molecule is Cc1c[nH]nc1C.NC(CC(=O)O)C(=O)O. The van der Waals surface area contributed by atoms with Gasteiger partial charge in [-0.05, 0) is 19.4 Å². The van der Waals surface area contributed by atoms with Gasteiger partial charge < -0.3 is 15.9 Å². The van der Waals surface area contributed by atoms with Gasteiger partial charge in [0.2, 0.25) is 0 Å². The number of aryl methyl sites for hydroxylation is 2. The Kier molecular flexibility index (Phi) is 5.79. The Morgan fingerprint density at radius 3 is 2.19 bits per heavy atom. The van der Waals surface area contributed by atoms with Gasteiger partial charge in [0.1, 0.15) is 6.04 Å². The van der Waals surface area contributed by atoms with Crippen LogP contribution in [0.15, 0.2) is 6.20 Å². The van der Waals surface area contributed by atoms with Gasteiger partial charge in [-0.25, -0.2) is 0 Å². The zero-order valence-electron chi connectivity index (χ0n) is 9.10. The van der Waals surface area contributed by atoms with Gasteiger partial charge in [0.15, 0.2) is 0 Å². The average molecular weight is 229 g/mol. The normalized spacial score (nSPS) is 11.2. The van der Waals surface area contributed by atoms with Gasteiger partial charge in [0, 0.05) is 6.20 Å². The Hall–Kier alpha value is -1.89. The molecule has 7 nitrogen and oxygen atoms in total. The minimum Gasteiger partial charge on any atom is -0.481 e. The molecular weight excluding hydrogens is 214 g/mol. The van der Waals surface area contributed by atoms with Crippen molar-refractivity contribution in [3.63, 3.8) is 0 Å². The third-order valence-corrected chi connectivity index (χ3v) is 1.80. The van der Waals surface area contributed by atoms with Crippen LogP contribution in [0.4, 0.5) is 0 Å². The van der Waals surface area contributed by atoms with Crippen molar-refractivity contribution in [2.24, 2.45) is 5.73 Å². The number of rotatable bonds is 3. The number of aromatic amines is 1. The third-order valence-electron chi connectivity index (χ3n) is 1.80. The lowest BCUT2D eigenvalue weighted by Gasteiger charge is -1.99. The number of H-pyrrole nitrogens is 1. The zero-order valence-corrected chi connectivity index (χ0v) is 9.10. The molecule has 1 aromatic heterocycles. The molecule has 1 rings (SSSR count). The van der Waals surface area contributed by atoms with Crippen LogP contribution in [0.5, 0.6) is 0 Å². The molecule has 1 aromatic rings. The van der Waals surface area contributed by atoms with Gasteiger partial charge in [-0.1, -0.05) is 0 Å². The Morgan fingerprint density at radius 1 is 1.50 bits per heavy atom. The summed E-state index contributed by atoms with van der Waals surface area (Å²) in [4.78, 5) is 19.6. The Bertz CT molecular complexity index is 345. The lowest BCUT2D eigenvalue weighted by molar-refractivity contribution is -0.144. The number of carboxylic acid groups (broad SMARTS) is 2. The van der Waals surface area contributed by atoms with Crippen LogP contribution < -0.4 is 5.73 Å². The number of hydrogen-bond acceptors (Lipinski definition) is 4. The number of nitrogens with two attached hydrogens (primary N) is 1. The van der Waals surface area contributed by atoms with Gasteiger partial charge >= 0.3 is 11.9 Å². The van der Waals surface area contributed by atoms with E-state index in [0.29, 0.717) is 0 Å². The highest BCUT2D eigenvalue weighted by molar-refractivity contribution is 5.80. The van der Waals surface area contributed by atoms with E-state index in [2.05, 4.69) is 10.2 Å². The highest BCUT2D eigenvalue weighted by atomic mass is 16.4. The first-order valence-electron chi connectivity index (χ1n) is 4.51. The van der Waals surface area contributed by atoms with Gasteiger partial charge in [0.05, 0.1) is 12.1 Å². The second-order valence-corrected chi connectivity index (χ2v) is 3.20. The molecule has 7 heteroatoms. The summed E-state index contributed by atoms with van der Waals surface area (Å²) in [5.41, 5.74) is 7.14. The van der Waals surface area contributed by atoms with E-state index in [9.17, 15) is 9.59 Å². The molecule has 5 N–H and O–H groups in total. The van der Waals surface area contributed by atoms with Gasteiger partial charge in [0.25, 0.3) is 0 Å². The number of carboxylic acids is 2. The molecule has 90 valence electrons. The highest BCUT2D eigenvalue weighted by Gasteiger charge is 2.14. The fourth-order valence-electron chi connectivity index (χ4n) is 0.694. The molecule has 16 heavy (non-hydrogen) atoms. The maximum absolute atomic E-state index is 9.85. The van der Waals surface area contributed by atoms with Crippen molar-refractivity contribution in [3.8, 4) is 0 Å². The molecule has 0 spiro atoms. The molecule has 0 radical (unpaired) electrons. The van der Waals surface area contributed by atoms with E-state index in [4.69, 9.17) is 15.9 Å². The number of aromatic nitrogens is 2. The Labute approximate surface area is 92.3 Å². The standard InChI is InChI=1S/C5H8N2.C4H7NO4/c1-4-3-6-7-5(4)2;5-2(4(8)9)1-3(6)7/h3H,1-2H3,(H,6,7);2H,1,5H2,(H,6,7)(H,8,9). The van der Waals surface area contributed by atoms with Crippen LogP contribution in [0.1, 0.15) is 17.7 Å². The summed E-state index contributed by atoms with van der Waals surface area (Å²) in [6.45, 7) is 4.00. The van der Waals surface area contributed by atoms with Crippen molar-refractivity contribution in [3.05, 3.63) is 17.5 Å². The summed E-state index contributed by atoms with van der Waals surface area (Å²) in [6.07, 6.45) is 1.35. The average Bonchev–Trinajstić information content (AvgIpc) is 2.51. The van der Waals surface area contributed by atoms with Crippen LogP contribution >= 0.6 is 0 Å². The molecule has 0 aromatic carbocycles. The van der Waals surface area contributed by atoms with Crippen LogP contribution in [0.25, 0.3) is 0 Å². The van der Waals surface area contributed by atoms with Crippen molar-refractivity contribution >= 4 is 11.9 Å². The molecular formula is C9H15N3O4. The largest absolute Gasteiger partial charge is 0.481 e. The second kappa shape index (κ2) is 6.57. The van der Waals surface area contributed by atoms with Crippen LogP contribution in [0.3, 0.4) is 0 Å². The van der Waals surface area contributed by atoms with Gasteiger partial charge in [-0.15, -0.1) is 0 Å². The molecule has 1 heterocycles. The number of hydrogen-bond donors (Lipinski definition) is 4. The maximum Gasteiger partial charge on any atom is 0.321 e. The molecule has 1 unspecified atom stereocenters. The van der Waals surface area contributed by atoms with E-state index in [-0.39, 0.29) is 0 Å². The molecule has 0 aliphatic rings. The predicted molar refractivity (Wildman–Crippen MR) is 55.9 cm³/mol. The van der Waals surface area contributed by atoms with E-state index in [1.165, 1.54) is 5.56 Å². The molecule has 1 atom stereocenters. The van der Waals surface area contributed by atoms with Crippen LogP contribution in [0, 0.1) is 13.8 Å². The van der Waals surface area contributed by atoms with Crippen molar-refractivity contribution in [2.45, 2.75) is 26.3 Å². The molecule has 0 saturated carbocycles. The zero-order chi connectivity index (χ0) is 12.7.